The molecule has 1 fully saturated rings. The molecule has 132 valence electrons. The molecular formula is C17H23BrFN2O3+. The molecule has 0 spiro atoms. The zero-order valence-electron chi connectivity index (χ0n) is 13.9. The van der Waals surface area contributed by atoms with Crippen molar-refractivity contribution in [1.29, 1.82) is 0 Å². The summed E-state index contributed by atoms with van der Waals surface area (Å²) >= 11 is 3.19. The van der Waals surface area contributed by atoms with E-state index in [0.717, 1.165) is 24.3 Å². The summed E-state index contributed by atoms with van der Waals surface area (Å²) in [6.45, 7) is 5.33. The average molecular weight is 402 g/mol. The van der Waals surface area contributed by atoms with Crippen molar-refractivity contribution in [2.45, 2.75) is 32.7 Å². The van der Waals surface area contributed by atoms with Crippen molar-refractivity contribution in [2.24, 2.45) is 5.92 Å². The Hall–Kier alpha value is -1.47. The number of quaternary nitrogens is 1. The van der Waals surface area contributed by atoms with Crippen molar-refractivity contribution < 1.29 is 23.6 Å². The third-order valence-corrected chi connectivity index (χ3v) is 4.87. The van der Waals surface area contributed by atoms with Crippen LogP contribution in [0.25, 0.3) is 0 Å². The highest BCUT2D eigenvalue weighted by atomic mass is 79.9. The second-order valence-corrected chi connectivity index (χ2v) is 6.95. The number of amides is 1. The minimum absolute atomic E-state index is 0.161. The quantitative estimate of drug-likeness (QED) is 0.739. The highest BCUT2D eigenvalue weighted by Crippen LogP contribution is 2.19. The van der Waals surface area contributed by atoms with Gasteiger partial charge in [0.25, 0.3) is 5.91 Å². The van der Waals surface area contributed by atoms with Crippen LogP contribution in [-0.4, -0.2) is 37.6 Å². The second-order valence-electron chi connectivity index (χ2n) is 6.04. The van der Waals surface area contributed by atoms with Crippen LogP contribution in [0.5, 0.6) is 0 Å². The minimum Gasteiger partial charge on any atom is -0.466 e. The maximum absolute atomic E-state index is 13.9. The van der Waals surface area contributed by atoms with Crippen LogP contribution in [0.2, 0.25) is 0 Å². The normalized spacial score (nSPS) is 21.8. The largest absolute Gasteiger partial charge is 0.466 e. The van der Waals surface area contributed by atoms with E-state index in [1.165, 1.54) is 12.1 Å². The Morgan fingerprint density at radius 2 is 2.25 bits per heavy atom. The Kier molecular flexibility index (Phi) is 6.74. The van der Waals surface area contributed by atoms with Crippen LogP contribution in [-0.2, 0) is 14.3 Å². The second kappa shape index (κ2) is 8.58. The summed E-state index contributed by atoms with van der Waals surface area (Å²) in [7, 11) is 0. The number of likely N-dealkylation sites (tertiary alicyclic amines) is 1. The Morgan fingerprint density at radius 3 is 2.92 bits per heavy atom. The first-order chi connectivity index (χ1) is 11.4. The molecule has 2 rings (SSSR count). The third-order valence-electron chi connectivity index (χ3n) is 4.37. The van der Waals surface area contributed by atoms with Gasteiger partial charge in [-0.1, -0.05) is 15.9 Å². The van der Waals surface area contributed by atoms with Crippen LogP contribution >= 0.6 is 15.9 Å². The van der Waals surface area contributed by atoms with Gasteiger partial charge in [0.15, 0.2) is 6.04 Å². The number of halogens is 2. The molecule has 1 heterocycles. The predicted octanol–water partition coefficient (Wildman–Crippen LogP) is 1.77. The fourth-order valence-electron chi connectivity index (χ4n) is 2.97. The molecule has 24 heavy (non-hydrogen) atoms. The van der Waals surface area contributed by atoms with Crippen molar-refractivity contribution in [3.05, 3.63) is 28.5 Å². The lowest BCUT2D eigenvalue weighted by Gasteiger charge is -2.32. The van der Waals surface area contributed by atoms with Crippen LogP contribution in [0, 0.1) is 11.7 Å². The maximum Gasteiger partial charge on any atom is 0.314 e. The number of ether oxygens (including phenoxy) is 1. The summed E-state index contributed by atoms with van der Waals surface area (Å²) in [5.41, 5.74) is 0.161. The Balaban J connectivity index is 1.98. The lowest BCUT2D eigenvalue weighted by atomic mass is 9.97. The zero-order valence-corrected chi connectivity index (χ0v) is 15.5. The molecule has 1 amide bonds. The molecule has 1 aliphatic rings. The average Bonchev–Trinajstić information content (AvgIpc) is 2.57. The molecule has 0 bridgehead atoms. The summed E-state index contributed by atoms with van der Waals surface area (Å²) in [5.74, 6) is -1.10. The van der Waals surface area contributed by atoms with E-state index in [0.29, 0.717) is 17.6 Å². The zero-order chi connectivity index (χ0) is 17.7. The smallest absolute Gasteiger partial charge is 0.314 e. The first-order valence-electron chi connectivity index (χ1n) is 8.19. The van der Waals surface area contributed by atoms with Gasteiger partial charge >= 0.3 is 5.97 Å². The van der Waals surface area contributed by atoms with Gasteiger partial charge < -0.3 is 15.0 Å². The van der Waals surface area contributed by atoms with Gasteiger partial charge in [-0.05, 0) is 44.9 Å². The molecular weight excluding hydrogens is 379 g/mol. The standard InChI is InChI=1S/C17H22BrFN2O3/c1-3-24-17(23)12-5-4-8-21(10-12)11(2)16(22)20-15-7-6-13(18)9-14(15)19/h6-7,9,11-12H,3-5,8,10H2,1-2H3,(H,20,22)/p+1/t11-,12-/m0/s1. The lowest BCUT2D eigenvalue weighted by Crippen LogP contribution is -3.18. The van der Waals surface area contributed by atoms with Gasteiger partial charge in [-0.15, -0.1) is 0 Å². The number of nitrogens with one attached hydrogen (secondary N) is 2. The number of rotatable bonds is 5. The number of hydrogen-bond acceptors (Lipinski definition) is 3. The highest BCUT2D eigenvalue weighted by molar-refractivity contribution is 9.10. The van der Waals surface area contributed by atoms with E-state index >= 15 is 0 Å². The molecule has 3 atom stereocenters. The van der Waals surface area contributed by atoms with Crippen molar-refractivity contribution in [3.8, 4) is 0 Å². The van der Waals surface area contributed by atoms with Gasteiger partial charge in [0.05, 0.1) is 25.4 Å². The molecule has 1 saturated heterocycles. The van der Waals surface area contributed by atoms with Crippen molar-refractivity contribution in [3.63, 3.8) is 0 Å². The Bertz CT molecular complexity index is 611. The molecule has 1 aliphatic heterocycles. The van der Waals surface area contributed by atoms with E-state index in [4.69, 9.17) is 4.74 Å². The highest BCUT2D eigenvalue weighted by Gasteiger charge is 2.35. The molecule has 2 N–H and O–H groups in total. The molecule has 1 unspecified atom stereocenters. The predicted molar refractivity (Wildman–Crippen MR) is 92.2 cm³/mol. The number of carbonyl (C=O) groups is 2. The first-order valence-corrected chi connectivity index (χ1v) is 8.98. The van der Waals surface area contributed by atoms with Gasteiger partial charge in [0, 0.05) is 4.47 Å². The van der Waals surface area contributed by atoms with E-state index in [9.17, 15) is 14.0 Å². The van der Waals surface area contributed by atoms with E-state index in [1.54, 1.807) is 19.9 Å². The van der Waals surface area contributed by atoms with E-state index in [-0.39, 0.29) is 29.5 Å². The van der Waals surface area contributed by atoms with Gasteiger partial charge in [0.2, 0.25) is 0 Å². The minimum atomic E-state index is -0.483. The van der Waals surface area contributed by atoms with Crippen LogP contribution in [0.15, 0.2) is 22.7 Å². The molecule has 0 radical (unpaired) electrons. The number of benzene rings is 1. The Morgan fingerprint density at radius 1 is 1.50 bits per heavy atom. The maximum atomic E-state index is 13.9. The SMILES string of the molecule is CCOC(=O)[C@H]1CCC[NH+]([C@@H](C)C(=O)Nc2ccc(Br)cc2F)C1. The summed E-state index contributed by atoms with van der Waals surface area (Å²) in [6.07, 6.45) is 1.65. The molecule has 7 heteroatoms. The number of hydrogen-bond donors (Lipinski definition) is 2. The lowest BCUT2D eigenvalue weighted by molar-refractivity contribution is -0.921. The van der Waals surface area contributed by atoms with E-state index < -0.39 is 5.82 Å². The van der Waals surface area contributed by atoms with Crippen LogP contribution < -0.4 is 10.2 Å². The molecule has 0 saturated carbocycles. The molecule has 1 aromatic rings. The topological polar surface area (TPSA) is 59.8 Å². The van der Waals surface area contributed by atoms with E-state index in [1.807, 2.05) is 0 Å². The number of carbonyl (C=O) groups excluding carboxylic acids is 2. The molecule has 0 aromatic heterocycles. The Labute approximate surface area is 149 Å². The van der Waals surface area contributed by atoms with Gasteiger partial charge in [-0.3, -0.25) is 9.59 Å². The van der Waals surface area contributed by atoms with Crippen LogP contribution in [0.4, 0.5) is 10.1 Å². The summed E-state index contributed by atoms with van der Waals surface area (Å²) in [4.78, 5) is 25.4. The van der Waals surface area contributed by atoms with Crippen molar-refractivity contribution >= 4 is 33.5 Å². The number of piperidine rings is 1. The van der Waals surface area contributed by atoms with Crippen molar-refractivity contribution in [2.75, 3.05) is 25.0 Å². The van der Waals surface area contributed by atoms with Gasteiger partial charge in [-0.2, -0.15) is 0 Å². The van der Waals surface area contributed by atoms with Crippen molar-refractivity contribution in [1.82, 2.24) is 0 Å². The number of anilines is 1. The monoisotopic (exact) mass is 401 g/mol. The molecule has 5 nitrogen and oxygen atoms in total. The van der Waals surface area contributed by atoms with Gasteiger partial charge in [0.1, 0.15) is 11.7 Å². The van der Waals surface area contributed by atoms with Gasteiger partial charge in [-0.25, -0.2) is 4.39 Å². The third kappa shape index (κ3) is 4.77. The molecule has 1 aromatic carbocycles. The fourth-order valence-corrected chi connectivity index (χ4v) is 3.30. The summed E-state index contributed by atoms with van der Waals surface area (Å²) in [6, 6.07) is 4.14. The van der Waals surface area contributed by atoms with Crippen LogP contribution in [0.3, 0.4) is 0 Å². The number of esters is 1. The first kappa shape index (κ1) is 18.9. The summed E-state index contributed by atoms with van der Waals surface area (Å²) in [5, 5.41) is 2.63. The molecule has 0 aliphatic carbocycles. The summed E-state index contributed by atoms with van der Waals surface area (Å²) < 4.78 is 19.6. The van der Waals surface area contributed by atoms with E-state index in [2.05, 4.69) is 21.2 Å². The fraction of sp³-hybridized carbons (Fsp3) is 0.529. The van der Waals surface area contributed by atoms with Crippen LogP contribution in [0.1, 0.15) is 26.7 Å².